The molecule has 0 radical (unpaired) electrons. The summed E-state index contributed by atoms with van der Waals surface area (Å²) in [6, 6.07) is 7.19. The summed E-state index contributed by atoms with van der Waals surface area (Å²) in [6.07, 6.45) is 2.64. The first kappa shape index (κ1) is 17.5. The van der Waals surface area contributed by atoms with Gasteiger partial charge in [0.15, 0.2) is 0 Å². The first-order valence-electron chi connectivity index (χ1n) is 5.53. The smallest absolute Gasteiger partial charge is 0.124 e. The van der Waals surface area contributed by atoms with Crippen LogP contribution in [0.3, 0.4) is 0 Å². The summed E-state index contributed by atoms with van der Waals surface area (Å²) in [5.74, 6) is 0. The minimum Gasteiger partial charge on any atom is -0.744 e. The lowest BCUT2D eigenvalue weighted by molar-refractivity contribution is 0.463. The quantitative estimate of drug-likeness (QED) is 0.750. The lowest BCUT2D eigenvalue weighted by atomic mass is 10.4. The molecule has 0 saturated carbocycles. The van der Waals surface area contributed by atoms with Crippen LogP contribution in [0.2, 0.25) is 0 Å². The van der Waals surface area contributed by atoms with Crippen LogP contribution < -0.4 is 0 Å². The molecule has 0 aromatic heterocycles. The molecule has 0 aliphatic rings. The van der Waals surface area contributed by atoms with Gasteiger partial charge in [-0.2, -0.15) is 0 Å². The van der Waals surface area contributed by atoms with E-state index < -0.39 is 10.1 Å². The lowest BCUT2D eigenvalue weighted by Crippen LogP contribution is -1.96. The highest BCUT2D eigenvalue weighted by Crippen LogP contribution is 2.04. The molecule has 0 bridgehead atoms. The van der Waals surface area contributed by atoms with Crippen LogP contribution in [0.1, 0.15) is 40.5 Å². The van der Waals surface area contributed by atoms with Crippen molar-refractivity contribution in [3.05, 3.63) is 30.3 Å². The fourth-order valence-electron chi connectivity index (χ4n) is 0.587. The third-order valence-electron chi connectivity index (χ3n) is 1.53. The van der Waals surface area contributed by atoms with Crippen molar-refractivity contribution < 1.29 is 13.0 Å². The van der Waals surface area contributed by atoms with Gasteiger partial charge < -0.3 is 4.55 Å². The van der Waals surface area contributed by atoms with E-state index in [0.29, 0.717) is 0 Å². The molecule has 16 heavy (non-hydrogen) atoms. The Kier molecular flexibility index (Phi) is 11.7. The summed E-state index contributed by atoms with van der Waals surface area (Å²) in [5.41, 5.74) is 0. The number of unbranched alkanes of at least 4 members (excludes halogenated alkanes) is 1. The molecule has 0 atom stereocenters. The van der Waals surface area contributed by atoms with Crippen LogP contribution in [-0.2, 0) is 10.1 Å². The van der Waals surface area contributed by atoms with Crippen LogP contribution in [0.5, 0.6) is 0 Å². The van der Waals surface area contributed by atoms with Crippen molar-refractivity contribution >= 4 is 10.1 Å². The maximum absolute atomic E-state index is 10.3. The van der Waals surface area contributed by atoms with E-state index in [1.54, 1.807) is 6.07 Å². The second-order valence-electron chi connectivity index (χ2n) is 2.77. The Morgan fingerprint density at radius 3 is 1.56 bits per heavy atom. The van der Waals surface area contributed by atoms with Gasteiger partial charge >= 0.3 is 0 Å². The van der Waals surface area contributed by atoms with E-state index in [-0.39, 0.29) is 4.90 Å². The molecule has 94 valence electrons. The number of hydrogen-bond acceptors (Lipinski definition) is 3. The molecule has 0 aliphatic heterocycles. The molecular formula is C12H21O3S-. The van der Waals surface area contributed by atoms with E-state index >= 15 is 0 Å². The molecular weight excluding hydrogens is 224 g/mol. The highest BCUT2D eigenvalue weighted by Gasteiger charge is 1.95. The number of rotatable bonds is 2. The van der Waals surface area contributed by atoms with E-state index in [4.69, 9.17) is 0 Å². The van der Waals surface area contributed by atoms with Gasteiger partial charge in [-0.25, -0.2) is 8.42 Å². The first-order valence-corrected chi connectivity index (χ1v) is 6.94. The van der Waals surface area contributed by atoms with Crippen molar-refractivity contribution in [3.63, 3.8) is 0 Å². The number of benzene rings is 1. The molecule has 0 saturated heterocycles. The zero-order chi connectivity index (χ0) is 13.0. The van der Waals surface area contributed by atoms with Gasteiger partial charge in [-0.05, 0) is 12.1 Å². The average Bonchev–Trinajstić information content (AvgIpc) is 2.32. The minimum atomic E-state index is -4.25. The van der Waals surface area contributed by atoms with Crippen molar-refractivity contribution in [3.8, 4) is 0 Å². The maximum Gasteiger partial charge on any atom is 0.124 e. The Morgan fingerprint density at radius 1 is 1.00 bits per heavy atom. The van der Waals surface area contributed by atoms with Gasteiger partial charge in [0.2, 0.25) is 0 Å². The average molecular weight is 245 g/mol. The van der Waals surface area contributed by atoms with Gasteiger partial charge in [0, 0.05) is 0 Å². The summed E-state index contributed by atoms with van der Waals surface area (Å²) in [7, 11) is -4.25. The van der Waals surface area contributed by atoms with Crippen molar-refractivity contribution in [1.29, 1.82) is 0 Å². The van der Waals surface area contributed by atoms with Gasteiger partial charge in [-0.1, -0.05) is 58.7 Å². The molecule has 0 unspecified atom stereocenters. The minimum absolute atomic E-state index is 0.185. The standard InChI is InChI=1S/C6H6O3S.C4H10.C2H6/c7-10(8,9)6-4-2-1-3-5-6;1-3-4-2;1-2/h1-5H,(H,7,8,9);3-4H2,1-2H3;1-2H3/p-1. The normalized spacial score (nSPS) is 9.31. The van der Waals surface area contributed by atoms with Crippen LogP contribution >= 0.6 is 0 Å². The van der Waals surface area contributed by atoms with Crippen LogP contribution in [0.25, 0.3) is 0 Å². The number of hydrogen-bond donors (Lipinski definition) is 0. The monoisotopic (exact) mass is 245 g/mol. The Morgan fingerprint density at radius 2 is 1.38 bits per heavy atom. The summed E-state index contributed by atoms with van der Waals surface area (Å²) in [6.45, 7) is 8.36. The van der Waals surface area contributed by atoms with E-state index in [2.05, 4.69) is 13.8 Å². The fourth-order valence-corrected chi connectivity index (χ4v) is 1.08. The summed E-state index contributed by atoms with van der Waals surface area (Å²) < 4.78 is 30.8. The molecule has 0 fully saturated rings. The zero-order valence-electron chi connectivity index (χ0n) is 10.4. The van der Waals surface area contributed by atoms with Crippen LogP contribution in [-0.4, -0.2) is 13.0 Å². The largest absolute Gasteiger partial charge is 0.744 e. The van der Waals surface area contributed by atoms with E-state index in [1.165, 1.54) is 37.1 Å². The molecule has 4 heteroatoms. The SMILES string of the molecule is CC.CCCC.O=S(=O)([O-])c1ccccc1. The zero-order valence-corrected chi connectivity index (χ0v) is 11.3. The predicted octanol–water partition coefficient (Wildman–Crippen LogP) is 3.42. The van der Waals surface area contributed by atoms with Gasteiger partial charge in [0.05, 0.1) is 4.90 Å². The highest BCUT2D eigenvalue weighted by molar-refractivity contribution is 7.85. The van der Waals surface area contributed by atoms with Gasteiger partial charge in [-0.15, -0.1) is 0 Å². The van der Waals surface area contributed by atoms with Crippen LogP contribution in [0.4, 0.5) is 0 Å². The van der Waals surface area contributed by atoms with Crippen LogP contribution in [0.15, 0.2) is 35.2 Å². The highest BCUT2D eigenvalue weighted by atomic mass is 32.2. The molecule has 1 rings (SSSR count). The van der Waals surface area contributed by atoms with Crippen molar-refractivity contribution in [2.45, 2.75) is 45.4 Å². The van der Waals surface area contributed by atoms with Gasteiger partial charge in [0.1, 0.15) is 10.1 Å². The van der Waals surface area contributed by atoms with Crippen molar-refractivity contribution in [2.75, 3.05) is 0 Å². The molecule has 0 heterocycles. The molecule has 0 aliphatic carbocycles. The Hall–Kier alpha value is -0.870. The molecule has 0 N–H and O–H groups in total. The van der Waals surface area contributed by atoms with Crippen molar-refractivity contribution in [2.24, 2.45) is 0 Å². The first-order chi connectivity index (χ1) is 7.52. The van der Waals surface area contributed by atoms with E-state index in [9.17, 15) is 13.0 Å². The third-order valence-corrected chi connectivity index (χ3v) is 2.38. The van der Waals surface area contributed by atoms with E-state index in [0.717, 1.165) is 0 Å². The second-order valence-corrected chi connectivity index (χ2v) is 4.15. The lowest BCUT2D eigenvalue weighted by Gasteiger charge is -2.04. The molecule has 1 aromatic rings. The summed E-state index contributed by atoms with van der Waals surface area (Å²) >= 11 is 0. The Balaban J connectivity index is 0. The molecule has 0 spiro atoms. The van der Waals surface area contributed by atoms with Crippen LogP contribution in [0, 0.1) is 0 Å². The van der Waals surface area contributed by atoms with Gasteiger partial charge in [0.25, 0.3) is 0 Å². The molecule has 1 aromatic carbocycles. The van der Waals surface area contributed by atoms with Gasteiger partial charge in [-0.3, -0.25) is 0 Å². The molecule has 0 amide bonds. The Labute approximate surface area is 99.3 Å². The maximum atomic E-state index is 10.3. The fraction of sp³-hybridized carbons (Fsp3) is 0.500. The summed E-state index contributed by atoms with van der Waals surface area (Å²) in [4.78, 5) is -0.185. The van der Waals surface area contributed by atoms with E-state index in [1.807, 2.05) is 13.8 Å². The topological polar surface area (TPSA) is 57.2 Å². The third kappa shape index (κ3) is 9.68. The summed E-state index contributed by atoms with van der Waals surface area (Å²) in [5, 5.41) is 0. The molecule has 3 nitrogen and oxygen atoms in total. The second kappa shape index (κ2) is 10.6. The van der Waals surface area contributed by atoms with Crippen molar-refractivity contribution in [1.82, 2.24) is 0 Å². The Bertz CT molecular complexity index is 329. The predicted molar refractivity (Wildman–Crippen MR) is 66.3 cm³/mol.